The van der Waals surface area contributed by atoms with Crippen LogP contribution in [0.4, 0.5) is 11.4 Å². The van der Waals surface area contributed by atoms with Gasteiger partial charge >= 0.3 is 0 Å². The van der Waals surface area contributed by atoms with Crippen LogP contribution in [0.15, 0.2) is 35.5 Å². The van der Waals surface area contributed by atoms with E-state index in [1.165, 1.54) is 10.9 Å². The Morgan fingerprint density at radius 3 is 2.70 bits per heavy atom. The van der Waals surface area contributed by atoms with Crippen molar-refractivity contribution in [3.05, 3.63) is 50.5 Å². The Hall–Kier alpha value is -1.95. The van der Waals surface area contributed by atoms with Crippen LogP contribution in [0.25, 0.3) is 0 Å². The van der Waals surface area contributed by atoms with Gasteiger partial charge in [0, 0.05) is 36.8 Å². The number of aryl methyl sites for hydroxylation is 1. The van der Waals surface area contributed by atoms with E-state index in [-0.39, 0.29) is 34.6 Å². The summed E-state index contributed by atoms with van der Waals surface area (Å²) in [6.45, 7) is 6.50. The van der Waals surface area contributed by atoms with Gasteiger partial charge in [0.2, 0.25) is 0 Å². The molecule has 0 aliphatic carbocycles. The van der Waals surface area contributed by atoms with E-state index in [9.17, 15) is 10.1 Å². The van der Waals surface area contributed by atoms with E-state index in [0.29, 0.717) is 31.3 Å². The summed E-state index contributed by atoms with van der Waals surface area (Å²) in [4.78, 5) is 20.8. The van der Waals surface area contributed by atoms with Crippen molar-refractivity contribution in [1.29, 1.82) is 0 Å². The smallest absolute Gasteiger partial charge is 0.292 e. The molecule has 1 aromatic carbocycles. The minimum absolute atomic E-state index is 0. The quantitative estimate of drug-likeness (QED) is 0.121. The summed E-state index contributed by atoms with van der Waals surface area (Å²) in [7, 11) is 0. The number of nitrogens with one attached hydrogen (secondary N) is 3. The van der Waals surface area contributed by atoms with Crippen molar-refractivity contribution < 1.29 is 4.92 Å². The van der Waals surface area contributed by atoms with Gasteiger partial charge in [-0.3, -0.25) is 10.1 Å². The zero-order chi connectivity index (χ0) is 18.8. The standard InChI is InChI=1S/C17H24N6O2S.HI/c1-3-13-11-21-16(26-13)12-22-17(18-4-2)20-10-9-19-14-7-5-6-8-15(14)23(24)25;/h5-8,11,19H,3-4,9-10,12H2,1-2H3,(H2,18,20,22);1H. The summed E-state index contributed by atoms with van der Waals surface area (Å²) in [6, 6.07) is 6.61. The lowest BCUT2D eigenvalue weighted by molar-refractivity contribution is -0.384. The summed E-state index contributed by atoms with van der Waals surface area (Å²) >= 11 is 1.67. The Bertz CT molecular complexity index is 753. The molecule has 0 spiro atoms. The maximum absolute atomic E-state index is 11.0. The molecular formula is C17H25IN6O2S. The number of thiazole rings is 1. The highest BCUT2D eigenvalue weighted by molar-refractivity contribution is 14.0. The summed E-state index contributed by atoms with van der Waals surface area (Å²) in [5.41, 5.74) is 0.583. The Kier molecular flexibility index (Phi) is 10.6. The van der Waals surface area contributed by atoms with Crippen LogP contribution in [-0.4, -0.2) is 35.5 Å². The van der Waals surface area contributed by atoms with Crippen LogP contribution in [0.3, 0.4) is 0 Å². The number of halogens is 1. The number of nitro benzene ring substituents is 1. The third-order valence-corrected chi connectivity index (χ3v) is 4.63. The van der Waals surface area contributed by atoms with Crippen LogP contribution < -0.4 is 16.0 Å². The second-order valence-corrected chi connectivity index (χ2v) is 6.60. The van der Waals surface area contributed by atoms with Crippen LogP contribution in [0.2, 0.25) is 0 Å². The maximum Gasteiger partial charge on any atom is 0.292 e. The fraction of sp³-hybridized carbons (Fsp3) is 0.412. The largest absolute Gasteiger partial charge is 0.378 e. The van der Waals surface area contributed by atoms with E-state index in [1.54, 1.807) is 29.5 Å². The van der Waals surface area contributed by atoms with E-state index < -0.39 is 0 Å². The van der Waals surface area contributed by atoms with Gasteiger partial charge in [-0.25, -0.2) is 9.98 Å². The number of nitro groups is 1. The molecule has 8 nitrogen and oxygen atoms in total. The molecule has 27 heavy (non-hydrogen) atoms. The molecule has 1 heterocycles. The minimum atomic E-state index is -0.389. The van der Waals surface area contributed by atoms with E-state index >= 15 is 0 Å². The lowest BCUT2D eigenvalue weighted by atomic mass is 10.2. The average Bonchev–Trinajstić information content (AvgIpc) is 3.11. The highest BCUT2D eigenvalue weighted by Crippen LogP contribution is 2.22. The molecule has 0 unspecified atom stereocenters. The molecule has 0 aliphatic heterocycles. The second kappa shape index (κ2) is 12.4. The molecule has 2 rings (SSSR count). The van der Waals surface area contributed by atoms with Gasteiger partial charge in [-0.05, 0) is 19.4 Å². The van der Waals surface area contributed by atoms with Crippen LogP contribution in [-0.2, 0) is 13.0 Å². The maximum atomic E-state index is 11.0. The van der Waals surface area contributed by atoms with Crippen molar-refractivity contribution in [3.8, 4) is 0 Å². The topological polar surface area (TPSA) is 104 Å². The normalized spacial score (nSPS) is 10.8. The number of nitrogens with zero attached hydrogens (tertiary/aromatic N) is 3. The van der Waals surface area contributed by atoms with Gasteiger partial charge in [0.1, 0.15) is 10.7 Å². The molecule has 3 N–H and O–H groups in total. The molecule has 2 aromatic rings. The molecule has 0 fully saturated rings. The van der Waals surface area contributed by atoms with Crippen molar-refractivity contribution in [1.82, 2.24) is 15.6 Å². The Balaban J connectivity index is 0.00000364. The monoisotopic (exact) mass is 504 g/mol. The van der Waals surface area contributed by atoms with Gasteiger partial charge in [0.25, 0.3) is 5.69 Å². The van der Waals surface area contributed by atoms with Crippen LogP contribution in [0, 0.1) is 10.1 Å². The van der Waals surface area contributed by atoms with Crippen LogP contribution in [0.1, 0.15) is 23.7 Å². The van der Waals surface area contributed by atoms with Gasteiger partial charge in [-0.1, -0.05) is 19.1 Å². The first-order valence-electron chi connectivity index (χ1n) is 8.57. The Labute approximate surface area is 180 Å². The lowest BCUT2D eigenvalue weighted by Gasteiger charge is -2.12. The summed E-state index contributed by atoms with van der Waals surface area (Å²) in [5, 5.41) is 21.5. The molecule has 10 heteroatoms. The first-order chi connectivity index (χ1) is 12.6. The first-order valence-corrected chi connectivity index (χ1v) is 9.38. The van der Waals surface area contributed by atoms with Gasteiger partial charge in [-0.15, -0.1) is 35.3 Å². The van der Waals surface area contributed by atoms with E-state index in [0.717, 1.165) is 18.0 Å². The van der Waals surface area contributed by atoms with E-state index in [4.69, 9.17) is 0 Å². The van der Waals surface area contributed by atoms with Gasteiger partial charge in [0.15, 0.2) is 5.96 Å². The first kappa shape index (κ1) is 23.1. The van der Waals surface area contributed by atoms with Gasteiger partial charge in [0.05, 0.1) is 11.5 Å². The highest BCUT2D eigenvalue weighted by atomic mass is 127. The predicted octanol–water partition coefficient (Wildman–Crippen LogP) is 3.40. The van der Waals surface area contributed by atoms with Crippen molar-refractivity contribution in [3.63, 3.8) is 0 Å². The molecular weight excluding hydrogens is 479 g/mol. The second-order valence-electron chi connectivity index (χ2n) is 5.40. The lowest BCUT2D eigenvalue weighted by Crippen LogP contribution is -2.39. The van der Waals surface area contributed by atoms with Crippen LogP contribution >= 0.6 is 35.3 Å². The summed E-state index contributed by atoms with van der Waals surface area (Å²) < 4.78 is 0. The molecule has 0 saturated heterocycles. The number of benzene rings is 1. The zero-order valence-electron chi connectivity index (χ0n) is 15.4. The number of aromatic nitrogens is 1. The SMILES string of the molecule is CCNC(=NCc1ncc(CC)s1)NCCNc1ccccc1[N+](=O)[O-].I. The number of aliphatic imine (C=N–C) groups is 1. The molecule has 0 amide bonds. The number of hydrogen-bond donors (Lipinski definition) is 3. The number of anilines is 1. The molecule has 1 aromatic heterocycles. The summed E-state index contributed by atoms with van der Waals surface area (Å²) in [6.07, 6.45) is 2.88. The van der Waals surface area contributed by atoms with Gasteiger partial charge < -0.3 is 16.0 Å². The Morgan fingerprint density at radius 1 is 1.26 bits per heavy atom. The van der Waals surface area contributed by atoms with Crippen molar-refractivity contribution in [2.45, 2.75) is 26.8 Å². The molecule has 0 saturated carbocycles. The fourth-order valence-electron chi connectivity index (χ4n) is 2.23. The average molecular weight is 504 g/mol. The minimum Gasteiger partial charge on any atom is -0.378 e. The van der Waals surface area contributed by atoms with Crippen molar-refractivity contribution >= 4 is 52.6 Å². The van der Waals surface area contributed by atoms with Crippen molar-refractivity contribution in [2.75, 3.05) is 25.0 Å². The molecule has 148 valence electrons. The number of para-hydroxylation sites is 2. The van der Waals surface area contributed by atoms with E-state index in [2.05, 4.69) is 32.9 Å². The third-order valence-electron chi connectivity index (χ3n) is 3.50. The molecule has 0 bridgehead atoms. The Morgan fingerprint density at radius 2 is 2.04 bits per heavy atom. The number of hydrogen-bond acceptors (Lipinski definition) is 6. The molecule has 0 aliphatic rings. The fourth-order valence-corrected chi connectivity index (χ4v) is 3.02. The van der Waals surface area contributed by atoms with Crippen LogP contribution in [0.5, 0.6) is 0 Å². The van der Waals surface area contributed by atoms with Gasteiger partial charge in [-0.2, -0.15) is 0 Å². The van der Waals surface area contributed by atoms with Crippen molar-refractivity contribution in [2.24, 2.45) is 4.99 Å². The third kappa shape index (κ3) is 7.67. The zero-order valence-corrected chi connectivity index (χ0v) is 18.5. The highest BCUT2D eigenvalue weighted by Gasteiger charge is 2.11. The predicted molar refractivity (Wildman–Crippen MR) is 121 cm³/mol. The molecule has 0 atom stereocenters. The molecule has 0 radical (unpaired) electrons. The number of guanidine groups is 1. The summed E-state index contributed by atoms with van der Waals surface area (Å²) in [5.74, 6) is 0.699. The number of rotatable bonds is 9. The van der Waals surface area contributed by atoms with E-state index in [1.807, 2.05) is 13.1 Å².